The summed E-state index contributed by atoms with van der Waals surface area (Å²) in [6.07, 6.45) is 1.10. The second-order valence-corrected chi connectivity index (χ2v) is 5.94. The maximum Gasteiger partial charge on any atom is 0.308 e. The number of fused-ring (bicyclic) bond motifs is 1. The first-order valence-electron chi connectivity index (χ1n) is 8.42. The number of hydrogen-bond acceptors (Lipinski definition) is 6. The fraction of sp³-hybridized carbons (Fsp3) is 0.350. The summed E-state index contributed by atoms with van der Waals surface area (Å²) in [5.74, 6) is -0.545. The number of rotatable bonds is 6. The summed E-state index contributed by atoms with van der Waals surface area (Å²) in [6, 6.07) is 8.53. The van der Waals surface area contributed by atoms with Crippen LogP contribution in [0.4, 0.5) is 0 Å². The van der Waals surface area contributed by atoms with Gasteiger partial charge in [0.2, 0.25) is 0 Å². The molecule has 0 N–H and O–H groups in total. The molecule has 6 nitrogen and oxygen atoms in total. The van der Waals surface area contributed by atoms with Gasteiger partial charge in [0, 0.05) is 31.5 Å². The third kappa shape index (κ3) is 4.81. The van der Waals surface area contributed by atoms with Gasteiger partial charge in [-0.05, 0) is 30.2 Å². The molecule has 0 aromatic heterocycles. The monoisotopic (exact) mass is 358 g/mol. The summed E-state index contributed by atoms with van der Waals surface area (Å²) in [6.45, 7) is 6.00. The summed E-state index contributed by atoms with van der Waals surface area (Å²) in [4.78, 5) is 34.2. The molecule has 138 valence electrons. The minimum Gasteiger partial charge on any atom is -0.458 e. The second-order valence-electron chi connectivity index (χ2n) is 5.94. The normalized spacial score (nSPS) is 11.7. The smallest absolute Gasteiger partial charge is 0.308 e. The lowest BCUT2D eigenvalue weighted by molar-refractivity contribution is -0.147. The highest BCUT2D eigenvalue weighted by Gasteiger charge is 2.18. The fourth-order valence-electron chi connectivity index (χ4n) is 2.76. The maximum absolute atomic E-state index is 11.4. The fourth-order valence-corrected chi connectivity index (χ4v) is 2.76. The van der Waals surface area contributed by atoms with Gasteiger partial charge in [0.25, 0.3) is 0 Å². The van der Waals surface area contributed by atoms with E-state index >= 15 is 0 Å². The van der Waals surface area contributed by atoms with Crippen LogP contribution in [0.25, 0.3) is 10.8 Å². The molecule has 0 spiro atoms. The van der Waals surface area contributed by atoms with E-state index in [2.05, 4.69) is 0 Å². The average Bonchev–Trinajstić information content (AvgIpc) is 2.55. The highest BCUT2D eigenvalue weighted by Crippen LogP contribution is 2.36. The first-order valence-corrected chi connectivity index (χ1v) is 8.42. The van der Waals surface area contributed by atoms with Crippen LogP contribution in [0.2, 0.25) is 0 Å². The summed E-state index contributed by atoms with van der Waals surface area (Å²) in [5.41, 5.74) is 0.780. The molecule has 26 heavy (non-hydrogen) atoms. The third-order valence-electron chi connectivity index (χ3n) is 3.70. The van der Waals surface area contributed by atoms with Gasteiger partial charge < -0.3 is 14.2 Å². The zero-order valence-corrected chi connectivity index (χ0v) is 15.3. The summed E-state index contributed by atoms with van der Waals surface area (Å²) in [7, 11) is 0. The first-order chi connectivity index (χ1) is 12.3. The zero-order valence-electron chi connectivity index (χ0n) is 15.3. The number of carbonyl (C=O) groups is 3. The van der Waals surface area contributed by atoms with Crippen LogP contribution in [0, 0.1) is 0 Å². The van der Waals surface area contributed by atoms with Gasteiger partial charge in [0.1, 0.15) is 17.6 Å². The Morgan fingerprint density at radius 3 is 1.92 bits per heavy atom. The molecule has 1 unspecified atom stereocenters. The highest BCUT2D eigenvalue weighted by atomic mass is 16.5. The van der Waals surface area contributed by atoms with Gasteiger partial charge in [-0.1, -0.05) is 25.5 Å². The van der Waals surface area contributed by atoms with E-state index in [9.17, 15) is 14.4 Å². The van der Waals surface area contributed by atoms with Crippen LogP contribution >= 0.6 is 0 Å². The molecule has 0 amide bonds. The maximum atomic E-state index is 11.4. The standard InChI is InChI=1S/C20H22O6/c1-5-6-18(24-12(2)21)15-7-8-16-17(11-15)20(26-14(4)23)10-9-19(16)25-13(3)22/h7-11,18H,5-6H2,1-4H3. The van der Waals surface area contributed by atoms with Crippen LogP contribution in [0.3, 0.4) is 0 Å². The number of benzene rings is 2. The molecular weight excluding hydrogens is 336 g/mol. The van der Waals surface area contributed by atoms with Crippen molar-refractivity contribution in [2.24, 2.45) is 0 Å². The van der Waals surface area contributed by atoms with E-state index in [-0.39, 0.29) is 5.97 Å². The van der Waals surface area contributed by atoms with Gasteiger partial charge in [-0.3, -0.25) is 14.4 Å². The molecule has 0 aliphatic heterocycles. The number of hydrogen-bond donors (Lipinski definition) is 0. The lowest BCUT2D eigenvalue weighted by atomic mass is 9.99. The molecular formula is C20H22O6. The first kappa shape index (κ1) is 19.4. The van der Waals surface area contributed by atoms with E-state index in [4.69, 9.17) is 14.2 Å². The zero-order chi connectivity index (χ0) is 19.3. The van der Waals surface area contributed by atoms with Gasteiger partial charge in [0.15, 0.2) is 0 Å². The Labute approximate surface area is 152 Å². The highest BCUT2D eigenvalue weighted by molar-refractivity contribution is 5.96. The lowest BCUT2D eigenvalue weighted by Gasteiger charge is -2.18. The molecule has 1 atom stereocenters. The summed E-state index contributed by atoms with van der Waals surface area (Å²) < 4.78 is 15.9. The Hall–Kier alpha value is -2.89. The van der Waals surface area contributed by atoms with Crippen molar-refractivity contribution in [3.05, 3.63) is 35.9 Å². The second kappa shape index (κ2) is 8.47. The predicted molar refractivity (Wildman–Crippen MR) is 96.0 cm³/mol. The van der Waals surface area contributed by atoms with Gasteiger partial charge in [-0.2, -0.15) is 0 Å². The molecule has 0 fully saturated rings. The lowest BCUT2D eigenvalue weighted by Crippen LogP contribution is -2.09. The Kier molecular flexibility index (Phi) is 6.33. The Morgan fingerprint density at radius 2 is 1.42 bits per heavy atom. The van der Waals surface area contributed by atoms with E-state index in [1.165, 1.54) is 20.8 Å². The molecule has 0 aliphatic carbocycles. The third-order valence-corrected chi connectivity index (χ3v) is 3.70. The Bertz CT molecular complexity index is 840. The molecule has 0 saturated carbocycles. The van der Waals surface area contributed by atoms with Gasteiger partial charge >= 0.3 is 17.9 Å². The molecule has 2 aromatic carbocycles. The van der Waals surface area contributed by atoms with E-state index < -0.39 is 18.0 Å². The van der Waals surface area contributed by atoms with Gasteiger partial charge in [0.05, 0.1) is 0 Å². The molecule has 0 saturated heterocycles. The quantitative estimate of drug-likeness (QED) is 0.571. The molecule has 2 rings (SSSR count). The van der Waals surface area contributed by atoms with Crippen molar-refractivity contribution in [1.82, 2.24) is 0 Å². The molecule has 0 radical (unpaired) electrons. The Balaban J connectivity index is 2.60. The van der Waals surface area contributed by atoms with Crippen molar-refractivity contribution in [3.8, 4) is 11.5 Å². The van der Waals surface area contributed by atoms with Crippen LogP contribution in [0.15, 0.2) is 30.3 Å². The SMILES string of the molecule is CCCC(OC(C)=O)c1ccc2c(OC(C)=O)ccc(OC(C)=O)c2c1. The minimum atomic E-state index is -0.456. The molecule has 0 aliphatic rings. The van der Waals surface area contributed by atoms with Crippen molar-refractivity contribution in [2.45, 2.75) is 46.6 Å². The van der Waals surface area contributed by atoms with Gasteiger partial charge in [-0.25, -0.2) is 0 Å². The number of carbonyl (C=O) groups excluding carboxylic acids is 3. The van der Waals surface area contributed by atoms with E-state index in [0.29, 0.717) is 28.7 Å². The molecule has 6 heteroatoms. The number of esters is 3. The van der Waals surface area contributed by atoms with E-state index in [1.54, 1.807) is 24.3 Å². The minimum absolute atomic E-state index is 0.350. The summed E-state index contributed by atoms with van der Waals surface area (Å²) in [5, 5.41) is 1.23. The largest absolute Gasteiger partial charge is 0.458 e. The topological polar surface area (TPSA) is 78.9 Å². The van der Waals surface area contributed by atoms with Crippen LogP contribution in [0.1, 0.15) is 52.2 Å². The van der Waals surface area contributed by atoms with Crippen molar-refractivity contribution >= 4 is 28.7 Å². The van der Waals surface area contributed by atoms with Gasteiger partial charge in [-0.15, -0.1) is 0 Å². The Morgan fingerprint density at radius 1 is 0.846 bits per heavy atom. The van der Waals surface area contributed by atoms with E-state index in [1.807, 2.05) is 13.0 Å². The predicted octanol–water partition coefficient (Wildman–Crippen LogP) is 4.09. The van der Waals surface area contributed by atoms with Crippen LogP contribution in [-0.4, -0.2) is 17.9 Å². The number of ether oxygens (including phenoxy) is 3. The van der Waals surface area contributed by atoms with Crippen LogP contribution < -0.4 is 9.47 Å². The average molecular weight is 358 g/mol. The van der Waals surface area contributed by atoms with Crippen molar-refractivity contribution < 1.29 is 28.6 Å². The van der Waals surface area contributed by atoms with Crippen molar-refractivity contribution in [2.75, 3.05) is 0 Å². The molecule has 2 aromatic rings. The molecule has 0 heterocycles. The van der Waals surface area contributed by atoms with Crippen molar-refractivity contribution in [3.63, 3.8) is 0 Å². The summed E-state index contributed by atoms with van der Waals surface area (Å²) >= 11 is 0. The van der Waals surface area contributed by atoms with Crippen LogP contribution in [-0.2, 0) is 19.1 Å². The molecule has 0 bridgehead atoms. The van der Waals surface area contributed by atoms with E-state index in [0.717, 1.165) is 12.0 Å². The van der Waals surface area contributed by atoms with Crippen molar-refractivity contribution in [1.29, 1.82) is 0 Å². The van der Waals surface area contributed by atoms with Crippen LogP contribution in [0.5, 0.6) is 11.5 Å².